The molecule has 0 aliphatic rings. The molecule has 110 valence electrons. The van der Waals surface area contributed by atoms with Crippen molar-refractivity contribution >= 4 is 11.5 Å². The Kier molecular flexibility index (Phi) is 3.73. The Morgan fingerprint density at radius 3 is 2.95 bits per heavy atom. The molecule has 0 saturated heterocycles. The Balaban J connectivity index is 1.82. The second-order valence-corrected chi connectivity index (χ2v) is 4.47. The summed E-state index contributed by atoms with van der Waals surface area (Å²) < 4.78 is 1.75. The lowest BCUT2D eigenvalue weighted by Gasteiger charge is -2.06. The van der Waals surface area contributed by atoms with Crippen LogP contribution < -0.4 is 0 Å². The van der Waals surface area contributed by atoms with E-state index in [9.17, 15) is 9.90 Å². The third kappa shape index (κ3) is 2.90. The second kappa shape index (κ2) is 6.00. The van der Waals surface area contributed by atoms with Crippen molar-refractivity contribution in [3.05, 3.63) is 66.0 Å². The molecule has 0 aliphatic heterocycles. The highest BCUT2D eigenvalue weighted by molar-refractivity contribution is 6.06. The maximum Gasteiger partial charge on any atom is 0.239 e. The lowest BCUT2D eigenvalue weighted by Crippen LogP contribution is -2.09. The smallest absolute Gasteiger partial charge is 0.239 e. The second-order valence-electron chi connectivity index (χ2n) is 4.47. The molecule has 0 spiro atoms. The van der Waals surface area contributed by atoms with Gasteiger partial charge in [0.1, 0.15) is 0 Å². The number of tetrazole rings is 1. The molecular weight excluding hydrogens is 284 g/mol. The predicted molar refractivity (Wildman–Crippen MR) is 76.9 cm³/mol. The molecule has 0 saturated carbocycles. The monoisotopic (exact) mass is 296 g/mol. The molecule has 0 unspecified atom stereocenters. The largest absolute Gasteiger partial charge is 0.504 e. The van der Waals surface area contributed by atoms with E-state index in [2.05, 4.69) is 25.6 Å². The summed E-state index contributed by atoms with van der Waals surface area (Å²) in [6.45, 7) is 0.464. The molecule has 0 aromatic carbocycles. The number of carbonyl (C=O) groups is 1. The van der Waals surface area contributed by atoms with Crippen LogP contribution in [-0.2, 0) is 6.54 Å². The van der Waals surface area contributed by atoms with Crippen LogP contribution in [0.4, 0.5) is 0 Å². The van der Waals surface area contributed by atoms with Gasteiger partial charge in [0.2, 0.25) is 11.6 Å². The number of H-pyrrole nitrogens is 1. The highest BCUT2D eigenvalue weighted by Gasteiger charge is 2.13. The van der Waals surface area contributed by atoms with Crippen molar-refractivity contribution in [3.8, 4) is 0 Å². The van der Waals surface area contributed by atoms with E-state index in [-0.39, 0.29) is 17.4 Å². The Morgan fingerprint density at radius 2 is 2.23 bits per heavy atom. The number of hydrogen-bond acceptors (Lipinski definition) is 6. The number of rotatable bonds is 5. The number of hydrogen-bond donors (Lipinski definition) is 2. The summed E-state index contributed by atoms with van der Waals surface area (Å²) >= 11 is 0. The van der Waals surface area contributed by atoms with Gasteiger partial charge in [-0.2, -0.15) is 5.21 Å². The summed E-state index contributed by atoms with van der Waals surface area (Å²) in [5, 5.41) is 22.5. The van der Waals surface area contributed by atoms with E-state index in [4.69, 9.17) is 0 Å². The topological polar surface area (TPSA) is 110 Å². The molecule has 0 radical (unpaired) electrons. The summed E-state index contributed by atoms with van der Waals surface area (Å²) in [4.78, 5) is 16.5. The fraction of sp³-hybridized carbons (Fsp3) is 0.0714. The van der Waals surface area contributed by atoms with E-state index < -0.39 is 0 Å². The first kappa shape index (κ1) is 13.7. The number of nitrogens with one attached hydrogen (secondary N) is 1. The molecular formula is C14H12N6O2. The number of aliphatic hydroxyl groups excluding tert-OH is 1. The van der Waals surface area contributed by atoms with Crippen LogP contribution >= 0.6 is 0 Å². The van der Waals surface area contributed by atoms with Crippen LogP contribution in [0, 0.1) is 0 Å². The van der Waals surface area contributed by atoms with E-state index in [1.807, 2.05) is 18.2 Å². The van der Waals surface area contributed by atoms with Crippen LogP contribution in [0.15, 0.2) is 48.8 Å². The third-order valence-corrected chi connectivity index (χ3v) is 2.98. The van der Waals surface area contributed by atoms with E-state index >= 15 is 0 Å². The molecule has 2 N–H and O–H groups in total. The van der Waals surface area contributed by atoms with E-state index in [1.54, 1.807) is 29.1 Å². The first-order valence-corrected chi connectivity index (χ1v) is 6.48. The standard InChI is InChI=1S/C14H12N6O2/c21-12(8-13(22)14-16-18-19-17-14)11-5-3-7-20(11)9-10-4-1-2-6-15-10/h1-8,22H,9H2,(H,16,17,18,19). The fourth-order valence-electron chi connectivity index (χ4n) is 1.97. The van der Waals surface area contributed by atoms with Gasteiger partial charge in [-0.05, 0) is 29.5 Å². The molecule has 3 aromatic heterocycles. The number of aromatic nitrogens is 6. The highest BCUT2D eigenvalue weighted by Crippen LogP contribution is 2.10. The van der Waals surface area contributed by atoms with Gasteiger partial charge in [-0.1, -0.05) is 6.07 Å². The predicted octanol–water partition coefficient (Wildman–Crippen LogP) is 1.23. The van der Waals surface area contributed by atoms with E-state index in [0.29, 0.717) is 12.2 Å². The minimum atomic E-state index is -0.358. The molecule has 0 bridgehead atoms. The van der Waals surface area contributed by atoms with Gasteiger partial charge in [0.15, 0.2) is 5.76 Å². The number of ketones is 1. The summed E-state index contributed by atoms with van der Waals surface area (Å²) in [5.74, 6) is -0.733. The van der Waals surface area contributed by atoms with Crippen molar-refractivity contribution in [3.63, 3.8) is 0 Å². The van der Waals surface area contributed by atoms with Crippen LogP contribution in [0.25, 0.3) is 5.76 Å². The van der Waals surface area contributed by atoms with Crippen molar-refractivity contribution in [2.24, 2.45) is 0 Å². The molecule has 0 aliphatic carbocycles. The summed E-state index contributed by atoms with van der Waals surface area (Å²) in [6, 6.07) is 9.02. The maximum atomic E-state index is 12.3. The maximum absolute atomic E-state index is 12.3. The quantitative estimate of drug-likeness (QED) is 0.416. The minimum Gasteiger partial charge on any atom is -0.504 e. The molecule has 3 heterocycles. The van der Waals surface area contributed by atoms with Crippen LogP contribution in [-0.4, -0.2) is 41.1 Å². The zero-order valence-electron chi connectivity index (χ0n) is 11.4. The van der Waals surface area contributed by atoms with Crippen LogP contribution in [0.3, 0.4) is 0 Å². The lowest BCUT2D eigenvalue weighted by atomic mass is 10.2. The molecule has 8 heteroatoms. The number of allylic oxidation sites excluding steroid dienone is 1. The Morgan fingerprint density at radius 1 is 1.32 bits per heavy atom. The first-order chi connectivity index (χ1) is 10.7. The average molecular weight is 296 g/mol. The van der Waals surface area contributed by atoms with Crippen molar-refractivity contribution in [1.29, 1.82) is 0 Å². The number of pyridine rings is 1. The molecule has 3 aromatic rings. The van der Waals surface area contributed by atoms with Crippen molar-refractivity contribution in [2.45, 2.75) is 6.54 Å². The summed E-state index contributed by atoms with van der Waals surface area (Å²) in [5.41, 5.74) is 1.26. The number of nitrogens with zero attached hydrogens (tertiary/aromatic N) is 5. The third-order valence-electron chi connectivity index (χ3n) is 2.98. The van der Waals surface area contributed by atoms with Crippen LogP contribution in [0.5, 0.6) is 0 Å². The number of carbonyl (C=O) groups excluding carboxylic acids is 1. The highest BCUT2D eigenvalue weighted by atomic mass is 16.3. The van der Waals surface area contributed by atoms with E-state index in [1.165, 1.54) is 0 Å². The van der Waals surface area contributed by atoms with Gasteiger partial charge in [0, 0.05) is 18.5 Å². The Labute approximate surface area is 125 Å². The van der Waals surface area contributed by atoms with Gasteiger partial charge in [-0.3, -0.25) is 9.78 Å². The average Bonchev–Trinajstić information content (AvgIpc) is 3.19. The van der Waals surface area contributed by atoms with Crippen molar-refractivity contribution < 1.29 is 9.90 Å². The van der Waals surface area contributed by atoms with Gasteiger partial charge in [-0.25, -0.2) is 0 Å². The number of aliphatic hydroxyl groups is 1. The Bertz CT molecular complexity index is 792. The minimum absolute atomic E-state index is 0.0313. The molecule has 8 nitrogen and oxygen atoms in total. The normalized spacial score (nSPS) is 11.5. The summed E-state index contributed by atoms with van der Waals surface area (Å²) in [7, 11) is 0. The van der Waals surface area contributed by atoms with Gasteiger partial charge < -0.3 is 9.67 Å². The number of aromatic amines is 1. The zero-order chi connectivity index (χ0) is 15.4. The zero-order valence-corrected chi connectivity index (χ0v) is 11.4. The van der Waals surface area contributed by atoms with Crippen LogP contribution in [0.2, 0.25) is 0 Å². The SMILES string of the molecule is O=C(C=C(O)c1nn[nH]n1)c1cccn1Cc1ccccn1. The molecule has 0 atom stereocenters. The Hall–Kier alpha value is -3.29. The van der Waals surface area contributed by atoms with Gasteiger partial charge in [0.05, 0.1) is 17.9 Å². The summed E-state index contributed by atoms with van der Waals surface area (Å²) in [6.07, 6.45) is 4.54. The van der Waals surface area contributed by atoms with Gasteiger partial charge in [-0.15, -0.1) is 10.2 Å². The fourth-order valence-corrected chi connectivity index (χ4v) is 1.97. The molecule has 3 rings (SSSR count). The van der Waals surface area contributed by atoms with E-state index in [0.717, 1.165) is 11.8 Å². The van der Waals surface area contributed by atoms with Crippen molar-refractivity contribution in [2.75, 3.05) is 0 Å². The lowest BCUT2D eigenvalue weighted by molar-refractivity contribution is 0.103. The van der Waals surface area contributed by atoms with Gasteiger partial charge >= 0.3 is 0 Å². The van der Waals surface area contributed by atoms with Crippen LogP contribution in [0.1, 0.15) is 22.0 Å². The van der Waals surface area contributed by atoms with Crippen molar-refractivity contribution in [1.82, 2.24) is 30.2 Å². The first-order valence-electron chi connectivity index (χ1n) is 6.48. The molecule has 0 fully saturated rings. The van der Waals surface area contributed by atoms with Gasteiger partial charge in [0.25, 0.3) is 0 Å². The molecule has 0 amide bonds. The molecule has 22 heavy (non-hydrogen) atoms.